The lowest BCUT2D eigenvalue weighted by atomic mass is 10.2. The highest BCUT2D eigenvalue weighted by Crippen LogP contribution is 2.23. The zero-order chi connectivity index (χ0) is 16.8. The van der Waals surface area contributed by atoms with E-state index in [1.54, 1.807) is 37.3 Å². The van der Waals surface area contributed by atoms with Crippen molar-refractivity contribution in [3.63, 3.8) is 0 Å². The molecule has 0 spiro atoms. The molecule has 1 fully saturated rings. The highest BCUT2D eigenvalue weighted by molar-refractivity contribution is 8.00. The average molecular weight is 338 g/mol. The van der Waals surface area contributed by atoms with Crippen LogP contribution in [0.25, 0.3) is 0 Å². The van der Waals surface area contributed by atoms with E-state index < -0.39 is 35.3 Å². The lowest BCUT2D eigenvalue weighted by Crippen LogP contribution is -2.53. The third-order valence-electron chi connectivity index (χ3n) is 3.27. The largest absolute Gasteiger partial charge is 0.480 e. The van der Waals surface area contributed by atoms with Gasteiger partial charge in [0.15, 0.2) is 6.04 Å². The number of ether oxygens (including phenoxy) is 1. The number of nitrogens with one attached hydrogen (secondary N) is 2. The van der Waals surface area contributed by atoms with Crippen molar-refractivity contribution in [3.05, 3.63) is 35.9 Å². The number of carboxylic acid groups (broad SMARTS) is 1. The Bertz CT molecular complexity index is 580. The second-order valence-corrected chi connectivity index (χ2v) is 6.06. The van der Waals surface area contributed by atoms with Crippen molar-refractivity contribution in [2.24, 2.45) is 0 Å². The number of carbonyl (C=O) groups excluding carboxylic acids is 2. The van der Waals surface area contributed by atoms with Crippen LogP contribution in [0.4, 0.5) is 0 Å². The van der Waals surface area contributed by atoms with Crippen molar-refractivity contribution in [3.8, 4) is 0 Å². The van der Waals surface area contributed by atoms with Crippen molar-refractivity contribution < 1.29 is 24.2 Å². The maximum Gasteiger partial charge on any atom is 0.331 e. The van der Waals surface area contributed by atoms with E-state index in [0.29, 0.717) is 11.3 Å². The van der Waals surface area contributed by atoms with Gasteiger partial charge < -0.3 is 15.2 Å². The molecular weight excluding hydrogens is 320 g/mol. The van der Waals surface area contributed by atoms with Gasteiger partial charge in [0.2, 0.25) is 0 Å². The first-order valence-corrected chi connectivity index (χ1v) is 8.20. The topological polar surface area (TPSA) is 105 Å². The minimum atomic E-state index is -0.989. The van der Waals surface area contributed by atoms with Crippen molar-refractivity contribution >= 4 is 29.6 Å². The van der Waals surface area contributed by atoms with Crippen LogP contribution >= 0.6 is 11.8 Å². The maximum atomic E-state index is 12.3. The molecule has 23 heavy (non-hydrogen) atoms. The van der Waals surface area contributed by atoms with Crippen LogP contribution in [0.2, 0.25) is 0 Å². The van der Waals surface area contributed by atoms with Gasteiger partial charge in [-0.2, -0.15) is 0 Å². The van der Waals surface area contributed by atoms with Gasteiger partial charge >= 0.3 is 11.9 Å². The van der Waals surface area contributed by atoms with E-state index in [-0.39, 0.29) is 6.61 Å². The van der Waals surface area contributed by atoms with Crippen LogP contribution in [0.3, 0.4) is 0 Å². The van der Waals surface area contributed by atoms with Crippen molar-refractivity contribution in [2.75, 3.05) is 12.4 Å². The van der Waals surface area contributed by atoms with Crippen molar-refractivity contribution in [1.82, 2.24) is 10.6 Å². The first-order chi connectivity index (χ1) is 11.0. The number of carbonyl (C=O) groups is 3. The molecule has 3 unspecified atom stereocenters. The second-order valence-electron chi connectivity index (χ2n) is 4.88. The second kappa shape index (κ2) is 7.98. The Hall–Kier alpha value is -2.06. The Morgan fingerprint density at radius 2 is 2.09 bits per heavy atom. The smallest absolute Gasteiger partial charge is 0.331 e. The van der Waals surface area contributed by atoms with E-state index in [1.807, 2.05) is 0 Å². The summed E-state index contributed by atoms with van der Waals surface area (Å²) in [6.07, 6.45) is 0. The summed E-state index contributed by atoms with van der Waals surface area (Å²) in [5.74, 6) is -1.67. The van der Waals surface area contributed by atoms with Gasteiger partial charge in [-0.05, 0) is 19.1 Å². The zero-order valence-corrected chi connectivity index (χ0v) is 13.3. The molecule has 1 aromatic rings. The molecule has 0 radical (unpaired) electrons. The van der Waals surface area contributed by atoms with Gasteiger partial charge in [0.05, 0.1) is 12.0 Å². The van der Waals surface area contributed by atoms with Crippen LogP contribution in [0, 0.1) is 0 Å². The molecule has 8 heteroatoms. The Morgan fingerprint density at radius 1 is 1.39 bits per heavy atom. The third kappa shape index (κ3) is 4.46. The maximum absolute atomic E-state index is 12.3. The van der Waals surface area contributed by atoms with E-state index in [0.717, 1.165) is 0 Å². The summed E-state index contributed by atoms with van der Waals surface area (Å²) in [4.78, 5) is 35.4. The lowest BCUT2D eigenvalue weighted by Gasteiger charge is -2.23. The predicted octanol–water partition coefficient (Wildman–Crippen LogP) is 0.464. The van der Waals surface area contributed by atoms with E-state index in [9.17, 15) is 14.4 Å². The molecule has 1 heterocycles. The predicted molar refractivity (Wildman–Crippen MR) is 85.1 cm³/mol. The number of amides is 1. The molecule has 1 aliphatic heterocycles. The molecule has 1 aliphatic rings. The van der Waals surface area contributed by atoms with Crippen LogP contribution in [-0.2, 0) is 14.3 Å². The minimum Gasteiger partial charge on any atom is -0.480 e. The third-order valence-corrected chi connectivity index (χ3v) is 4.56. The van der Waals surface area contributed by atoms with Crippen molar-refractivity contribution in [2.45, 2.75) is 24.4 Å². The average Bonchev–Trinajstić information content (AvgIpc) is 3.03. The number of hydrogen-bond donors (Lipinski definition) is 3. The fraction of sp³-hybridized carbons (Fsp3) is 0.400. The van der Waals surface area contributed by atoms with Crippen LogP contribution < -0.4 is 10.6 Å². The summed E-state index contributed by atoms with van der Waals surface area (Å²) in [5, 5.41) is 13.9. The van der Waals surface area contributed by atoms with Gasteiger partial charge in [0, 0.05) is 11.3 Å². The SMILES string of the molecule is CCOC(=O)C(NC(=O)c1ccccc1)C1NC(C(=O)O)CS1. The number of aliphatic carboxylic acids is 1. The molecular formula is C15H18N2O5S. The lowest BCUT2D eigenvalue weighted by molar-refractivity contribution is -0.146. The summed E-state index contributed by atoms with van der Waals surface area (Å²) in [6, 6.07) is 6.77. The summed E-state index contributed by atoms with van der Waals surface area (Å²) in [5.41, 5.74) is 0.416. The summed E-state index contributed by atoms with van der Waals surface area (Å²) in [7, 11) is 0. The fourth-order valence-corrected chi connectivity index (χ4v) is 3.40. The molecule has 1 amide bonds. The van der Waals surface area contributed by atoms with E-state index >= 15 is 0 Å². The summed E-state index contributed by atoms with van der Waals surface area (Å²) < 4.78 is 4.99. The minimum absolute atomic E-state index is 0.177. The monoisotopic (exact) mass is 338 g/mol. The standard InChI is InChI=1S/C15H18N2O5S/c1-2-22-15(21)11(13-16-10(8-23-13)14(19)20)17-12(18)9-6-4-3-5-7-9/h3-7,10-11,13,16H,2,8H2,1H3,(H,17,18)(H,19,20). The highest BCUT2D eigenvalue weighted by Gasteiger charge is 2.39. The summed E-state index contributed by atoms with van der Waals surface area (Å²) >= 11 is 1.27. The molecule has 2 rings (SSSR count). The molecule has 0 saturated carbocycles. The van der Waals surface area contributed by atoms with E-state index in [2.05, 4.69) is 10.6 Å². The Morgan fingerprint density at radius 3 is 2.65 bits per heavy atom. The van der Waals surface area contributed by atoms with Gasteiger partial charge in [0.25, 0.3) is 5.91 Å². The molecule has 1 aromatic carbocycles. The fourth-order valence-electron chi connectivity index (χ4n) is 2.13. The number of esters is 1. The number of hydrogen-bond acceptors (Lipinski definition) is 6. The number of carboxylic acids is 1. The van der Waals surface area contributed by atoms with Gasteiger partial charge in [-0.15, -0.1) is 11.8 Å². The number of thioether (sulfide) groups is 1. The molecule has 124 valence electrons. The van der Waals surface area contributed by atoms with Gasteiger partial charge in [0.1, 0.15) is 6.04 Å². The number of benzene rings is 1. The van der Waals surface area contributed by atoms with Gasteiger partial charge in [-0.3, -0.25) is 14.9 Å². The Labute approximate surface area is 137 Å². The molecule has 0 bridgehead atoms. The van der Waals surface area contributed by atoms with Crippen LogP contribution in [-0.4, -0.2) is 52.8 Å². The molecule has 0 aromatic heterocycles. The first-order valence-electron chi connectivity index (χ1n) is 7.16. The van der Waals surface area contributed by atoms with Crippen LogP contribution in [0.5, 0.6) is 0 Å². The zero-order valence-electron chi connectivity index (χ0n) is 12.5. The Balaban J connectivity index is 2.10. The quantitative estimate of drug-likeness (QED) is 0.647. The molecule has 7 nitrogen and oxygen atoms in total. The molecule has 3 N–H and O–H groups in total. The Kier molecular flexibility index (Phi) is 6.00. The van der Waals surface area contributed by atoms with Crippen molar-refractivity contribution in [1.29, 1.82) is 0 Å². The van der Waals surface area contributed by atoms with Gasteiger partial charge in [-0.25, -0.2) is 4.79 Å². The highest BCUT2D eigenvalue weighted by atomic mass is 32.2. The van der Waals surface area contributed by atoms with Gasteiger partial charge in [-0.1, -0.05) is 18.2 Å². The van der Waals surface area contributed by atoms with Crippen LogP contribution in [0.15, 0.2) is 30.3 Å². The van der Waals surface area contributed by atoms with E-state index in [1.165, 1.54) is 11.8 Å². The van der Waals surface area contributed by atoms with E-state index in [4.69, 9.17) is 9.84 Å². The molecule has 1 saturated heterocycles. The number of rotatable bonds is 6. The normalized spacial score (nSPS) is 21.4. The molecule has 0 aliphatic carbocycles. The molecule has 3 atom stereocenters. The first kappa shape index (κ1) is 17.3. The summed E-state index contributed by atoms with van der Waals surface area (Å²) in [6.45, 7) is 1.85. The van der Waals surface area contributed by atoms with Crippen LogP contribution in [0.1, 0.15) is 17.3 Å².